The third kappa shape index (κ3) is 3.39. The highest BCUT2D eigenvalue weighted by atomic mass is 32.2. The first-order chi connectivity index (χ1) is 12.9. The molecule has 0 atom stereocenters. The van der Waals surface area contributed by atoms with Gasteiger partial charge in [0.15, 0.2) is 0 Å². The van der Waals surface area contributed by atoms with Crippen LogP contribution in [0.5, 0.6) is 0 Å². The third-order valence-corrected chi connectivity index (χ3v) is 8.95. The first-order valence-corrected chi connectivity index (χ1v) is 11.9. The Morgan fingerprint density at radius 3 is 1.41 bits per heavy atom. The van der Waals surface area contributed by atoms with E-state index in [1.807, 2.05) is 0 Å². The summed E-state index contributed by atoms with van der Waals surface area (Å²) in [6.07, 6.45) is 5.03. The Bertz CT molecular complexity index is 1020. The summed E-state index contributed by atoms with van der Waals surface area (Å²) < 4.78 is 51.6. The van der Waals surface area contributed by atoms with E-state index in [4.69, 9.17) is 0 Å². The molecule has 0 heterocycles. The lowest BCUT2D eigenvalue weighted by atomic mass is 9.80. The molecule has 6 heteroatoms. The van der Waals surface area contributed by atoms with Gasteiger partial charge in [0, 0.05) is 9.81 Å². The highest BCUT2D eigenvalue weighted by Gasteiger charge is 2.36. The van der Waals surface area contributed by atoms with Gasteiger partial charge in [0.2, 0.25) is 19.7 Å². The minimum atomic E-state index is -3.53. The van der Waals surface area contributed by atoms with Gasteiger partial charge in [0.25, 0.3) is 0 Å². The fraction of sp³-hybridized carbons (Fsp3) is 0.238. The summed E-state index contributed by atoms with van der Waals surface area (Å²) in [5.41, 5.74) is 0. The van der Waals surface area contributed by atoms with Gasteiger partial charge >= 0.3 is 0 Å². The Morgan fingerprint density at radius 1 is 0.630 bits per heavy atom. The van der Waals surface area contributed by atoms with E-state index in [-0.39, 0.29) is 21.6 Å². The molecule has 2 aliphatic rings. The van der Waals surface area contributed by atoms with Gasteiger partial charge in [-0.3, -0.25) is 0 Å². The minimum absolute atomic E-state index is 0.0203. The molecule has 140 valence electrons. The Morgan fingerprint density at radius 2 is 1.04 bits per heavy atom. The average molecular weight is 401 g/mol. The van der Waals surface area contributed by atoms with Crippen molar-refractivity contribution in [2.24, 2.45) is 11.8 Å². The monoisotopic (exact) mass is 400 g/mol. The van der Waals surface area contributed by atoms with Crippen LogP contribution in [0.3, 0.4) is 0 Å². The number of rotatable bonds is 4. The fourth-order valence-electron chi connectivity index (χ4n) is 3.89. The normalized spacial score (nSPS) is 22.7. The van der Waals surface area contributed by atoms with Crippen LogP contribution >= 0.6 is 0 Å². The van der Waals surface area contributed by atoms with E-state index in [2.05, 4.69) is 0 Å². The van der Waals surface area contributed by atoms with Crippen LogP contribution in [0.1, 0.15) is 19.3 Å². The lowest BCUT2D eigenvalue weighted by molar-refractivity contribution is 0.408. The molecule has 27 heavy (non-hydrogen) atoms. The van der Waals surface area contributed by atoms with Crippen LogP contribution < -0.4 is 0 Å². The zero-order valence-electron chi connectivity index (χ0n) is 14.7. The Kier molecular flexibility index (Phi) is 4.56. The molecule has 2 aromatic carbocycles. The highest BCUT2D eigenvalue weighted by Crippen LogP contribution is 2.43. The van der Waals surface area contributed by atoms with Crippen molar-refractivity contribution in [3.05, 3.63) is 82.6 Å². The average Bonchev–Trinajstić information content (AvgIpc) is 2.68. The first-order valence-electron chi connectivity index (χ1n) is 8.89. The summed E-state index contributed by atoms with van der Waals surface area (Å²) in [5.74, 6) is -0.147. The quantitative estimate of drug-likeness (QED) is 0.774. The number of sulfone groups is 2. The van der Waals surface area contributed by atoms with Gasteiger partial charge in [-0.15, -0.1) is 0 Å². The second-order valence-corrected chi connectivity index (χ2v) is 11.1. The fourth-order valence-corrected chi connectivity index (χ4v) is 7.15. The molecule has 2 bridgehead atoms. The Labute approximate surface area is 160 Å². The molecule has 0 saturated carbocycles. The van der Waals surface area contributed by atoms with Crippen LogP contribution in [-0.4, -0.2) is 16.8 Å². The second kappa shape index (κ2) is 6.77. The van der Waals surface area contributed by atoms with Gasteiger partial charge in [0.1, 0.15) is 0 Å². The van der Waals surface area contributed by atoms with Crippen molar-refractivity contribution in [1.82, 2.24) is 0 Å². The van der Waals surface area contributed by atoms with Crippen molar-refractivity contribution in [2.75, 3.05) is 0 Å². The maximum Gasteiger partial charge on any atom is 0.202 e. The number of allylic oxidation sites excluding steroid dienone is 4. The van der Waals surface area contributed by atoms with Gasteiger partial charge in [-0.2, -0.15) is 0 Å². The summed E-state index contributed by atoms with van der Waals surface area (Å²) in [6.45, 7) is 0. The molecule has 0 radical (unpaired) electrons. The van der Waals surface area contributed by atoms with Gasteiger partial charge < -0.3 is 0 Å². The molecule has 0 unspecified atom stereocenters. The summed E-state index contributed by atoms with van der Waals surface area (Å²) in [4.78, 5) is 1.39. The molecular formula is C21H20O4S2. The van der Waals surface area contributed by atoms with Crippen LogP contribution in [-0.2, 0) is 19.7 Å². The molecule has 2 aliphatic carbocycles. The predicted octanol–water partition coefficient (Wildman–Crippen LogP) is 4.13. The molecule has 0 aromatic heterocycles. The molecule has 0 saturated heterocycles. The lowest BCUT2D eigenvalue weighted by Crippen LogP contribution is -2.24. The molecule has 0 spiro atoms. The SMILES string of the molecule is O=S(=O)(C1=CC2C=C(S(=O)(=O)c3ccccc3)CC(C1)C2)c1ccccc1. The van der Waals surface area contributed by atoms with Crippen molar-refractivity contribution >= 4 is 19.7 Å². The third-order valence-electron chi connectivity index (χ3n) is 5.18. The number of hydrogen-bond acceptors (Lipinski definition) is 4. The molecule has 0 aliphatic heterocycles. The molecule has 0 fully saturated rings. The highest BCUT2D eigenvalue weighted by molar-refractivity contribution is 7.95. The van der Waals surface area contributed by atoms with Crippen molar-refractivity contribution in [2.45, 2.75) is 29.1 Å². The lowest BCUT2D eigenvalue weighted by Gasteiger charge is -2.32. The van der Waals surface area contributed by atoms with E-state index in [9.17, 15) is 16.8 Å². The van der Waals surface area contributed by atoms with Crippen molar-refractivity contribution < 1.29 is 16.8 Å². The summed E-state index contributed by atoms with van der Waals surface area (Å²) in [7, 11) is -7.05. The van der Waals surface area contributed by atoms with Crippen LogP contribution in [0.4, 0.5) is 0 Å². The van der Waals surface area contributed by atoms with E-state index in [0.29, 0.717) is 22.7 Å². The minimum Gasteiger partial charge on any atom is -0.219 e. The van der Waals surface area contributed by atoms with Crippen LogP contribution in [0.15, 0.2) is 92.4 Å². The van der Waals surface area contributed by atoms with Crippen LogP contribution in [0.2, 0.25) is 0 Å². The van der Waals surface area contributed by atoms with Crippen LogP contribution in [0, 0.1) is 11.8 Å². The maximum atomic E-state index is 12.9. The standard InChI is InChI=1S/C21H20O4S2/c22-26(23,18-7-3-1-4-8-18)20-12-16-11-17(13-20)15-21(14-16)27(24,25)19-9-5-2-6-10-19/h1-10,12,14,16-17H,11,13,15H2. The molecule has 4 nitrogen and oxygen atoms in total. The zero-order valence-corrected chi connectivity index (χ0v) is 16.3. The number of hydrogen-bond donors (Lipinski definition) is 0. The molecule has 2 aromatic rings. The first kappa shape index (κ1) is 18.2. The Balaban J connectivity index is 1.69. The maximum absolute atomic E-state index is 12.9. The van der Waals surface area contributed by atoms with E-state index >= 15 is 0 Å². The van der Waals surface area contributed by atoms with Crippen LogP contribution in [0.25, 0.3) is 0 Å². The molecule has 0 N–H and O–H groups in total. The second-order valence-electron chi connectivity index (χ2n) is 7.07. The largest absolute Gasteiger partial charge is 0.219 e. The molecule has 0 amide bonds. The van der Waals surface area contributed by atoms with Crippen molar-refractivity contribution in [3.63, 3.8) is 0 Å². The van der Waals surface area contributed by atoms with E-state index in [0.717, 1.165) is 6.42 Å². The summed E-state index contributed by atoms with van der Waals surface area (Å²) in [5, 5.41) is 0. The van der Waals surface area contributed by atoms with E-state index in [1.165, 1.54) is 0 Å². The Hall–Kier alpha value is -2.18. The zero-order chi connectivity index (χ0) is 19.1. The number of benzene rings is 2. The van der Waals surface area contributed by atoms with Crippen molar-refractivity contribution in [1.29, 1.82) is 0 Å². The summed E-state index contributed by atoms with van der Waals surface area (Å²) >= 11 is 0. The smallest absolute Gasteiger partial charge is 0.202 e. The molecule has 4 rings (SSSR count). The molecular weight excluding hydrogens is 380 g/mol. The summed E-state index contributed by atoms with van der Waals surface area (Å²) in [6, 6.07) is 16.8. The van der Waals surface area contributed by atoms with E-state index in [1.54, 1.807) is 72.8 Å². The van der Waals surface area contributed by atoms with Gasteiger partial charge in [-0.25, -0.2) is 16.8 Å². The van der Waals surface area contributed by atoms with Crippen molar-refractivity contribution in [3.8, 4) is 0 Å². The topological polar surface area (TPSA) is 68.3 Å². The predicted molar refractivity (Wildman–Crippen MR) is 104 cm³/mol. The van der Waals surface area contributed by atoms with Gasteiger partial charge in [0.05, 0.1) is 9.79 Å². The van der Waals surface area contributed by atoms with Gasteiger partial charge in [-0.1, -0.05) is 48.6 Å². The van der Waals surface area contributed by atoms with Gasteiger partial charge in [-0.05, 0) is 55.4 Å². The van der Waals surface area contributed by atoms with E-state index < -0.39 is 19.7 Å². The number of fused-ring (bicyclic) bond motifs is 2.